The molecule has 0 spiro atoms. The van der Waals surface area contributed by atoms with Crippen molar-refractivity contribution in [2.45, 2.75) is 13.5 Å². The molecule has 4 nitrogen and oxygen atoms in total. The summed E-state index contributed by atoms with van der Waals surface area (Å²) in [6.07, 6.45) is 0. The van der Waals surface area contributed by atoms with E-state index in [2.05, 4.69) is 0 Å². The zero-order valence-electron chi connectivity index (χ0n) is 14.8. The molecule has 1 amide bonds. The highest BCUT2D eigenvalue weighted by Crippen LogP contribution is 2.23. The van der Waals surface area contributed by atoms with Crippen LogP contribution in [0.2, 0.25) is 0 Å². The number of thiophene rings is 1. The second kappa shape index (κ2) is 8.54. The molecule has 3 aromatic rings. The number of benzene rings is 2. The number of carbonyl (C=O) groups is 1. The van der Waals surface area contributed by atoms with E-state index in [0.29, 0.717) is 6.54 Å². The fourth-order valence-electron chi connectivity index (χ4n) is 2.58. The van der Waals surface area contributed by atoms with Crippen molar-refractivity contribution in [2.75, 3.05) is 18.6 Å². The molecule has 5 heteroatoms. The number of carbonyl (C=O) groups excluding carboxylic acids is 1. The summed E-state index contributed by atoms with van der Waals surface area (Å²) in [5.41, 5.74) is 1.83. The summed E-state index contributed by atoms with van der Waals surface area (Å²) in [6.45, 7) is 2.47. The van der Waals surface area contributed by atoms with E-state index in [-0.39, 0.29) is 12.5 Å². The minimum Gasteiger partial charge on any atom is -0.497 e. The van der Waals surface area contributed by atoms with E-state index < -0.39 is 0 Å². The van der Waals surface area contributed by atoms with Crippen molar-refractivity contribution in [1.82, 2.24) is 0 Å². The van der Waals surface area contributed by atoms with Crippen LogP contribution in [0.3, 0.4) is 0 Å². The quantitative estimate of drug-likeness (QED) is 0.609. The zero-order valence-corrected chi connectivity index (χ0v) is 15.7. The lowest BCUT2D eigenvalue weighted by Crippen LogP contribution is -2.34. The maximum Gasteiger partial charge on any atom is 0.265 e. The topological polar surface area (TPSA) is 38.8 Å². The van der Waals surface area contributed by atoms with E-state index in [1.54, 1.807) is 23.3 Å². The van der Waals surface area contributed by atoms with Crippen molar-refractivity contribution in [3.8, 4) is 11.5 Å². The number of ether oxygens (including phenoxy) is 2. The van der Waals surface area contributed by atoms with Crippen molar-refractivity contribution >= 4 is 22.9 Å². The first-order valence-electron chi connectivity index (χ1n) is 8.32. The van der Waals surface area contributed by atoms with Gasteiger partial charge in [-0.25, -0.2) is 0 Å². The first kappa shape index (κ1) is 18.0. The maximum absolute atomic E-state index is 12.9. The Morgan fingerprint density at radius 1 is 1.04 bits per heavy atom. The first-order valence-corrected chi connectivity index (χ1v) is 9.20. The molecule has 0 saturated heterocycles. The van der Waals surface area contributed by atoms with Crippen LogP contribution >= 0.6 is 11.3 Å². The molecule has 0 radical (unpaired) electrons. The molecule has 0 aliphatic heterocycles. The average molecular weight is 367 g/mol. The van der Waals surface area contributed by atoms with Crippen LogP contribution < -0.4 is 14.4 Å². The minimum atomic E-state index is -0.0909. The number of hydrogen-bond donors (Lipinski definition) is 0. The summed E-state index contributed by atoms with van der Waals surface area (Å²) < 4.78 is 11.0. The van der Waals surface area contributed by atoms with E-state index in [0.717, 1.165) is 27.6 Å². The highest BCUT2D eigenvalue weighted by atomic mass is 32.1. The smallest absolute Gasteiger partial charge is 0.265 e. The fourth-order valence-corrected chi connectivity index (χ4v) is 3.27. The van der Waals surface area contributed by atoms with Crippen LogP contribution in [0.15, 0.2) is 66.0 Å². The predicted molar refractivity (Wildman–Crippen MR) is 105 cm³/mol. The highest BCUT2D eigenvalue weighted by Gasteiger charge is 2.18. The van der Waals surface area contributed by atoms with Crippen LogP contribution in [0, 0.1) is 6.92 Å². The van der Waals surface area contributed by atoms with Gasteiger partial charge < -0.3 is 14.4 Å². The van der Waals surface area contributed by atoms with Crippen LogP contribution in [-0.2, 0) is 11.3 Å². The number of rotatable bonds is 7. The zero-order chi connectivity index (χ0) is 18.4. The maximum atomic E-state index is 12.9. The molecule has 1 heterocycles. The molecular formula is C21H21NO3S. The largest absolute Gasteiger partial charge is 0.497 e. The Morgan fingerprint density at radius 2 is 1.81 bits per heavy atom. The van der Waals surface area contributed by atoms with Gasteiger partial charge in [0.15, 0.2) is 6.61 Å². The van der Waals surface area contributed by atoms with Crippen LogP contribution in [-0.4, -0.2) is 19.6 Å². The van der Waals surface area contributed by atoms with Crippen LogP contribution in [0.4, 0.5) is 5.69 Å². The Kier molecular flexibility index (Phi) is 5.92. The van der Waals surface area contributed by atoms with E-state index in [9.17, 15) is 4.79 Å². The number of nitrogens with zero attached hydrogens (tertiary/aromatic N) is 1. The van der Waals surface area contributed by atoms with Crippen molar-refractivity contribution in [2.24, 2.45) is 0 Å². The fraction of sp³-hybridized carbons (Fsp3) is 0.190. The molecule has 0 fully saturated rings. The number of methoxy groups -OCH3 is 1. The third-order valence-electron chi connectivity index (χ3n) is 4.02. The molecule has 0 saturated carbocycles. The lowest BCUT2D eigenvalue weighted by Gasteiger charge is -2.23. The van der Waals surface area contributed by atoms with Gasteiger partial charge in [0.2, 0.25) is 0 Å². The SMILES string of the molecule is COc1ccc(N(Cc2cccs2)C(=O)COc2ccccc2C)cc1. The van der Waals surface area contributed by atoms with Crippen molar-refractivity contribution in [3.05, 3.63) is 76.5 Å². The normalized spacial score (nSPS) is 10.4. The standard InChI is InChI=1S/C21H21NO3S/c1-16-6-3-4-8-20(16)25-15-21(23)22(14-19-7-5-13-26-19)17-9-11-18(24-2)12-10-17/h3-13H,14-15H2,1-2H3. The highest BCUT2D eigenvalue weighted by molar-refractivity contribution is 7.09. The van der Waals surface area contributed by atoms with Crippen molar-refractivity contribution in [3.63, 3.8) is 0 Å². The Balaban J connectivity index is 1.77. The Hall–Kier alpha value is -2.79. The van der Waals surface area contributed by atoms with Crippen LogP contribution in [0.25, 0.3) is 0 Å². The van der Waals surface area contributed by atoms with E-state index in [4.69, 9.17) is 9.47 Å². The molecule has 0 unspecified atom stereocenters. The Bertz CT molecular complexity index is 844. The molecule has 0 N–H and O–H groups in total. The van der Waals surface area contributed by atoms with Gasteiger partial charge in [0.05, 0.1) is 13.7 Å². The summed E-state index contributed by atoms with van der Waals surface area (Å²) >= 11 is 1.63. The van der Waals surface area contributed by atoms with Gasteiger partial charge in [0.25, 0.3) is 5.91 Å². The number of para-hydroxylation sites is 1. The molecule has 0 bridgehead atoms. The van der Waals surface area contributed by atoms with Gasteiger partial charge in [0, 0.05) is 10.6 Å². The van der Waals surface area contributed by atoms with Gasteiger partial charge in [-0.15, -0.1) is 11.3 Å². The van der Waals surface area contributed by atoms with Gasteiger partial charge in [-0.1, -0.05) is 24.3 Å². The minimum absolute atomic E-state index is 0.0116. The summed E-state index contributed by atoms with van der Waals surface area (Å²) in [5, 5.41) is 2.01. The second-order valence-electron chi connectivity index (χ2n) is 5.81. The van der Waals surface area contributed by atoms with Crippen molar-refractivity contribution < 1.29 is 14.3 Å². The first-order chi connectivity index (χ1) is 12.7. The lowest BCUT2D eigenvalue weighted by atomic mass is 10.2. The molecule has 0 aliphatic carbocycles. The molecule has 0 atom stereocenters. The van der Waals surface area contributed by atoms with Gasteiger partial charge in [0.1, 0.15) is 11.5 Å². The Labute approximate surface area is 157 Å². The monoisotopic (exact) mass is 367 g/mol. The van der Waals surface area contributed by atoms with Crippen LogP contribution in [0.5, 0.6) is 11.5 Å². The molecule has 1 aromatic heterocycles. The van der Waals surface area contributed by atoms with Gasteiger partial charge in [-0.05, 0) is 54.3 Å². The van der Waals surface area contributed by atoms with Gasteiger partial charge >= 0.3 is 0 Å². The molecule has 2 aromatic carbocycles. The van der Waals surface area contributed by atoms with Crippen molar-refractivity contribution in [1.29, 1.82) is 0 Å². The Morgan fingerprint density at radius 3 is 2.46 bits per heavy atom. The second-order valence-corrected chi connectivity index (χ2v) is 6.84. The predicted octanol–water partition coefficient (Wildman–Crippen LogP) is 4.68. The molecule has 0 aliphatic rings. The number of anilines is 1. The lowest BCUT2D eigenvalue weighted by molar-refractivity contribution is -0.120. The molecular weight excluding hydrogens is 346 g/mol. The summed E-state index contributed by atoms with van der Waals surface area (Å²) in [7, 11) is 1.62. The third-order valence-corrected chi connectivity index (χ3v) is 4.89. The van der Waals surface area contributed by atoms with Gasteiger partial charge in [-0.3, -0.25) is 4.79 Å². The van der Waals surface area contributed by atoms with Gasteiger partial charge in [-0.2, -0.15) is 0 Å². The van der Waals surface area contributed by atoms with E-state index in [1.807, 2.05) is 73.0 Å². The molecule has 134 valence electrons. The number of aryl methyl sites for hydroxylation is 1. The van der Waals surface area contributed by atoms with E-state index >= 15 is 0 Å². The third kappa shape index (κ3) is 4.43. The number of amides is 1. The average Bonchev–Trinajstić information content (AvgIpc) is 3.19. The molecule has 3 rings (SSSR count). The summed E-state index contributed by atoms with van der Waals surface area (Å²) in [4.78, 5) is 15.7. The molecule has 26 heavy (non-hydrogen) atoms. The van der Waals surface area contributed by atoms with E-state index in [1.165, 1.54) is 0 Å². The summed E-state index contributed by atoms with van der Waals surface area (Å²) in [6, 6.07) is 19.2. The number of hydrogen-bond acceptors (Lipinski definition) is 4. The van der Waals surface area contributed by atoms with Crippen LogP contribution in [0.1, 0.15) is 10.4 Å². The summed E-state index contributed by atoms with van der Waals surface area (Å²) in [5.74, 6) is 1.40.